The number of carboxylic acid groups (broad SMARTS) is 1. The van der Waals surface area contributed by atoms with Gasteiger partial charge in [0.25, 0.3) is 0 Å². The number of nitrogens with zero attached hydrogens (tertiary/aromatic N) is 2. The number of nitrogens with one attached hydrogen (secondary N) is 1. The van der Waals surface area contributed by atoms with Crippen molar-refractivity contribution >= 4 is 28.7 Å². The Morgan fingerprint density at radius 1 is 1.09 bits per heavy atom. The first kappa shape index (κ1) is 28.1. The van der Waals surface area contributed by atoms with Crippen LogP contribution in [-0.4, -0.2) is 51.5 Å². The summed E-state index contributed by atoms with van der Waals surface area (Å²) in [6, 6.07) is 6.72. The first-order valence-corrected chi connectivity index (χ1v) is 12.0. The zero-order valence-electron chi connectivity index (χ0n) is 22.8. The van der Waals surface area contributed by atoms with Gasteiger partial charge in [0.05, 0.1) is 11.5 Å². The van der Waals surface area contributed by atoms with Crippen molar-refractivity contribution < 1.29 is 19.5 Å². The van der Waals surface area contributed by atoms with Gasteiger partial charge in [-0.15, -0.1) is 0 Å². The Hall–Kier alpha value is -3.09. The molecular formula is C28H41N3O4. The van der Waals surface area contributed by atoms with E-state index in [9.17, 15) is 19.5 Å². The monoisotopic (exact) mass is 483 g/mol. The quantitative estimate of drug-likeness (QED) is 0.541. The summed E-state index contributed by atoms with van der Waals surface area (Å²) < 4.78 is 2.00. The van der Waals surface area contributed by atoms with Crippen LogP contribution in [0, 0.1) is 11.3 Å². The molecule has 2 rings (SSSR count). The van der Waals surface area contributed by atoms with E-state index in [1.165, 1.54) is 6.92 Å². The third-order valence-electron chi connectivity index (χ3n) is 6.76. The van der Waals surface area contributed by atoms with Gasteiger partial charge in [-0.05, 0) is 43.7 Å². The Balaban J connectivity index is 2.42. The van der Waals surface area contributed by atoms with Gasteiger partial charge >= 0.3 is 5.97 Å². The summed E-state index contributed by atoms with van der Waals surface area (Å²) in [5.41, 5.74) is 0.647. The Bertz CT molecular complexity index is 1130. The smallest absolute Gasteiger partial charge is 0.331 e. The minimum atomic E-state index is -1.02. The number of aryl methyl sites for hydroxylation is 1. The molecule has 0 aliphatic heterocycles. The number of carboxylic acids is 1. The number of hydrogen-bond acceptors (Lipinski definition) is 3. The number of carbonyl (C=O) groups is 3. The van der Waals surface area contributed by atoms with Crippen molar-refractivity contribution in [1.29, 1.82) is 0 Å². The summed E-state index contributed by atoms with van der Waals surface area (Å²) in [6.45, 7) is 14.9. The second-order valence-electron chi connectivity index (χ2n) is 11.4. The second kappa shape index (κ2) is 10.3. The normalized spacial score (nSPS) is 14.7. The van der Waals surface area contributed by atoms with Crippen LogP contribution in [0.2, 0.25) is 0 Å². The van der Waals surface area contributed by atoms with E-state index in [-0.39, 0.29) is 23.3 Å². The van der Waals surface area contributed by atoms with Crippen molar-refractivity contribution in [2.75, 3.05) is 7.05 Å². The van der Waals surface area contributed by atoms with Crippen LogP contribution in [-0.2, 0) is 26.8 Å². The molecule has 192 valence electrons. The number of rotatable bonds is 8. The molecule has 2 N–H and O–H groups in total. The lowest BCUT2D eigenvalue weighted by Gasteiger charge is -2.38. The molecule has 0 aliphatic carbocycles. The van der Waals surface area contributed by atoms with E-state index in [2.05, 4.69) is 5.32 Å². The fraction of sp³-hybridized carbons (Fsp3) is 0.536. The molecule has 0 bridgehead atoms. The number of aromatic nitrogens is 1. The first-order valence-electron chi connectivity index (χ1n) is 12.0. The van der Waals surface area contributed by atoms with Crippen molar-refractivity contribution in [1.82, 2.24) is 14.8 Å². The SMILES string of the molecule is CC(=C[C@H](C(C)C)N(C)C(=O)[C@@H](NC(=O)C(C)(C)c1cn(C)c2ccccc12)C(C)(C)C)C(=O)O. The van der Waals surface area contributed by atoms with Crippen LogP contribution < -0.4 is 5.32 Å². The Kier molecular flexibility index (Phi) is 8.25. The average molecular weight is 484 g/mol. The molecule has 0 radical (unpaired) electrons. The number of hydrogen-bond donors (Lipinski definition) is 2. The molecule has 0 aliphatic rings. The standard InChI is InChI=1S/C28H41N3O4/c1-17(2)22(15-18(3)25(33)34)31(10)24(32)23(27(4,5)6)29-26(35)28(7,8)20-16-30(9)21-14-12-11-13-19(20)21/h11-17,22-23H,1-10H3,(H,29,35)(H,33,34)/t22-,23-/m1/s1. The number of para-hydroxylation sites is 1. The topological polar surface area (TPSA) is 91.6 Å². The van der Waals surface area contributed by atoms with Crippen molar-refractivity contribution in [3.8, 4) is 0 Å². The fourth-order valence-electron chi connectivity index (χ4n) is 4.35. The molecule has 1 aromatic heterocycles. The van der Waals surface area contributed by atoms with Crippen molar-refractivity contribution in [2.24, 2.45) is 18.4 Å². The number of aliphatic carboxylic acids is 1. The van der Waals surface area contributed by atoms with E-state index in [1.54, 1.807) is 18.0 Å². The van der Waals surface area contributed by atoms with Crippen LogP contribution in [0.4, 0.5) is 0 Å². The van der Waals surface area contributed by atoms with Crippen LogP contribution in [0.3, 0.4) is 0 Å². The van der Waals surface area contributed by atoms with Gasteiger partial charge in [-0.25, -0.2) is 4.79 Å². The molecule has 2 amide bonds. The third-order valence-corrected chi connectivity index (χ3v) is 6.76. The van der Waals surface area contributed by atoms with E-state index in [1.807, 2.05) is 90.5 Å². The molecule has 0 fully saturated rings. The maximum atomic E-state index is 13.7. The van der Waals surface area contributed by atoms with Gasteiger partial charge in [0, 0.05) is 36.8 Å². The molecule has 7 nitrogen and oxygen atoms in total. The summed E-state index contributed by atoms with van der Waals surface area (Å²) in [7, 11) is 3.62. The van der Waals surface area contributed by atoms with Gasteiger partial charge in [-0.2, -0.15) is 0 Å². The van der Waals surface area contributed by atoms with Crippen molar-refractivity contribution in [2.45, 2.75) is 72.9 Å². The maximum Gasteiger partial charge on any atom is 0.331 e. The lowest BCUT2D eigenvalue weighted by Crippen LogP contribution is -2.58. The first-order chi connectivity index (χ1) is 16.0. The Labute approximate surface area is 209 Å². The van der Waals surface area contributed by atoms with Crippen LogP contribution in [0.15, 0.2) is 42.1 Å². The second-order valence-corrected chi connectivity index (χ2v) is 11.4. The number of carbonyl (C=O) groups excluding carboxylic acids is 2. The molecular weight excluding hydrogens is 442 g/mol. The number of likely N-dealkylation sites (N-methyl/N-ethyl adjacent to an activating group) is 1. The Morgan fingerprint density at radius 3 is 2.17 bits per heavy atom. The summed E-state index contributed by atoms with van der Waals surface area (Å²) >= 11 is 0. The number of fused-ring (bicyclic) bond motifs is 1. The lowest BCUT2D eigenvalue weighted by molar-refractivity contribution is -0.141. The van der Waals surface area contributed by atoms with Crippen molar-refractivity contribution in [3.63, 3.8) is 0 Å². The molecule has 2 atom stereocenters. The predicted molar refractivity (Wildman–Crippen MR) is 140 cm³/mol. The van der Waals surface area contributed by atoms with Gasteiger partial charge in [-0.1, -0.05) is 58.9 Å². The fourth-order valence-corrected chi connectivity index (χ4v) is 4.35. The average Bonchev–Trinajstić information content (AvgIpc) is 3.10. The van der Waals surface area contributed by atoms with E-state index >= 15 is 0 Å². The Morgan fingerprint density at radius 2 is 1.66 bits per heavy atom. The molecule has 7 heteroatoms. The number of amides is 2. The molecule has 35 heavy (non-hydrogen) atoms. The molecule has 1 heterocycles. The molecule has 0 saturated heterocycles. The van der Waals surface area contributed by atoms with E-state index in [0.29, 0.717) is 0 Å². The molecule has 2 aromatic rings. The molecule has 0 saturated carbocycles. The minimum Gasteiger partial charge on any atom is -0.478 e. The van der Waals surface area contributed by atoms with Crippen LogP contribution in [0.1, 0.15) is 61.0 Å². The highest BCUT2D eigenvalue weighted by atomic mass is 16.4. The highest BCUT2D eigenvalue weighted by Crippen LogP contribution is 2.33. The van der Waals surface area contributed by atoms with Crippen molar-refractivity contribution in [3.05, 3.63) is 47.7 Å². The lowest BCUT2D eigenvalue weighted by atomic mass is 9.80. The third kappa shape index (κ3) is 5.95. The summed E-state index contributed by atoms with van der Waals surface area (Å²) in [6.07, 6.45) is 3.57. The van der Waals surface area contributed by atoms with Gasteiger partial charge in [0.1, 0.15) is 6.04 Å². The van der Waals surface area contributed by atoms with Gasteiger partial charge in [0.2, 0.25) is 11.8 Å². The summed E-state index contributed by atoms with van der Waals surface area (Å²) in [5.74, 6) is -1.53. The van der Waals surface area contributed by atoms with Crippen LogP contribution in [0.25, 0.3) is 10.9 Å². The van der Waals surface area contributed by atoms with E-state index < -0.39 is 28.9 Å². The van der Waals surface area contributed by atoms with Crippen LogP contribution in [0.5, 0.6) is 0 Å². The van der Waals surface area contributed by atoms with Gasteiger partial charge in [-0.3, -0.25) is 9.59 Å². The molecule has 0 spiro atoms. The molecule has 0 unspecified atom stereocenters. The van der Waals surface area contributed by atoms with Gasteiger partial charge < -0.3 is 19.9 Å². The van der Waals surface area contributed by atoms with E-state index in [4.69, 9.17) is 0 Å². The zero-order valence-corrected chi connectivity index (χ0v) is 22.8. The molecule has 1 aromatic carbocycles. The summed E-state index contributed by atoms with van der Waals surface area (Å²) in [5, 5.41) is 13.4. The maximum absolute atomic E-state index is 13.7. The minimum absolute atomic E-state index is 0.0123. The largest absolute Gasteiger partial charge is 0.478 e. The van der Waals surface area contributed by atoms with Gasteiger partial charge in [0.15, 0.2) is 0 Å². The predicted octanol–water partition coefficient (Wildman–Crippen LogP) is 4.50. The number of benzene rings is 1. The summed E-state index contributed by atoms with van der Waals surface area (Å²) in [4.78, 5) is 40.4. The highest BCUT2D eigenvalue weighted by molar-refractivity contribution is 5.97. The van der Waals surface area contributed by atoms with E-state index in [0.717, 1.165) is 16.5 Å². The zero-order chi connectivity index (χ0) is 26.9. The van der Waals surface area contributed by atoms with Crippen LogP contribution >= 0.6 is 0 Å². The highest BCUT2D eigenvalue weighted by Gasteiger charge is 2.41.